The number of aryl methyl sites for hydroxylation is 2. The maximum absolute atomic E-state index is 12.8. The second-order valence-electron chi connectivity index (χ2n) is 7.29. The monoisotopic (exact) mass is 423 g/mol. The molecule has 1 unspecified atom stereocenters. The molecule has 0 radical (unpaired) electrons. The van der Waals surface area contributed by atoms with Gasteiger partial charge >= 0.3 is 0 Å². The quantitative estimate of drug-likeness (QED) is 0.546. The van der Waals surface area contributed by atoms with E-state index in [4.69, 9.17) is 5.73 Å². The van der Waals surface area contributed by atoms with E-state index in [-0.39, 0.29) is 17.5 Å². The summed E-state index contributed by atoms with van der Waals surface area (Å²) in [5.74, 6) is -1.87. The number of hydrogen-bond donors (Lipinski definition) is 3. The molecule has 0 spiro atoms. The van der Waals surface area contributed by atoms with Crippen molar-refractivity contribution in [2.45, 2.75) is 20.3 Å². The number of nitrogens with zero attached hydrogens (tertiary/aromatic N) is 2. The molecule has 3 aromatic rings. The molecule has 1 aliphatic heterocycles. The average molecular weight is 423 g/mol. The molecule has 4 N–H and O–H groups in total. The fraction of sp³-hybridized carbons (Fsp3) is 0.238. The number of benzene rings is 1. The van der Waals surface area contributed by atoms with Gasteiger partial charge in [-0.25, -0.2) is 4.98 Å². The molecule has 0 aliphatic carbocycles. The topological polar surface area (TPSA) is 121 Å². The van der Waals surface area contributed by atoms with E-state index in [0.717, 1.165) is 16.8 Å². The van der Waals surface area contributed by atoms with Gasteiger partial charge in [-0.05, 0) is 49.6 Å². The maximum atomic E-state index is 12.8. The first-order valence-corrected chi connectivity index (χ1v) is 10.3. The van der Waals surface area contributed by atoms with Crippen LogP contribution in [0.1, 0.15) is 28.0 Å². The lowest BCUT2D eigenvalue weighted by Gasteiger charge is -2.18. The first kappa shape index (κ1) is 19.8. The Labute approximate surface area is 177 Å². The number of H-pyrrole nitrogens is 1. The smallest absolute Gasteiger partial charge is 0.265 e. The summed E-state index contributed by atoms with van der Waals surface area (Å²) in [7, 11) is 0. The lowest BCUT2D eigenvalue weighted by Crippen LogP contribution is -2.33. The summed E-state index contributed by atoms with van der Waals surface area (Å²) >= 11 is 1.25. The summed E-state index contributed by atoms with van der Waals surface area (Å²) in [6.07, 6.45) is 2.08. The molecule has 1 atom stereocenters. The van der Waals surface area contributed by atoms with Crippen LogP contribution in [0.3, 0.4) is 0 Å². The van der Waals surface area contributed by atoms with Gasteiger partial charge < -0.3 is 20.9 Å². The zero-order valence-electron chi connectivity index (χ0n) is 16.6. The summed E-state index contributed by atoms with van der Waals surface area (Å²) < 4.78 is 0. The van der Waals surface area contributed by atoms with Crippen molar-refractivity contribution in [1.82, 2.24) is 9.97 Å². The molecule has 0 bridgehead atoms. The molecule has 0 saturated carbocycles. The van der Waals surface area contributed by atoms with Crippen molar-refractivity contribution in [1.29, 1.82) is 0 Å². The molecule has 2 aromatic heterocycles. The summed E-state index contributed by atoms with van der Waals surface area (Å²) in [5, 5.41) is 4.91. The van der Waals surface area contributed by atoms with E-state index in [1.165, 1.54) is 11.3 Å². The van der Waals surface area contributed by atoms with Crippen molar-refractivity contribution >= 4 is 39.9 Å². The van der Waals surface area contributed by atoms with Gasteiger partial charge in [0.05, 0.1) is 5.69 Å². The van der Waals surface area contributed by atoms with Gasteiger partial charge in [-0.1, -0.05) is 6.07 Å². The Morgan fingerprint density at radius 2 is 2.07 bits per heavy atom. The maximum Gasteiger partial charge on any atom is 0.265 e. The standard InChI is InChI=1S/C21H21N5O3S/c1-11-3-4-14(7-12(11)2)26-6-5-15(20(26)29)19(28)25-21-24-17(10-30-21)13-8-16(18(22)27)23-9-13/h3-4,7-10,15,23H,5-6H2,1-2H3,(H2,22,27)(H,24,25,28). The molecule has 8 nitrogen and oxygen atoms in total. The van der Waals surface area contributed by atoms with Crippen LogP contribution in [0, 0.1) is 19.8 Å². The number of primary amides is 1. The fourth-order valence-electron chi connectivity index (χ4n) is 3.41. The van der Waals surface area contributed by atoms with Crippen molar-refractivity contribution in [3.63, 3.8) is 0 Å². The van der Waals surface area contributed by atoms with E-state index in [1.807, 2.05) is 32.0 Å². The highest BCUT2D eigenvalue weighted by molar-refractivity contribution is 7.14. The van der Waals surface area contributed by atoms with Gasteiger partial charge in [0.1, 0.15) is 11.6 Å². The molecule has 1 saturated heterocycles. The number of aromatic amines is 1. The van der Waals surface area contributed by atoms with E-state index in [1.54, 1.807) is 22.5 Å². The van der Waals surface area contributed by atoms with Gasteiger partial charge in [0.2, 0.25) is 11.8 Å². The predicted molar refractivity (Wildman–Crippen MR) is 115 cm³/mol. The minimum absolute atomic E-state index is 0.204. The second-order valence-corrected chi connectivity index (χ2v) is 8.15. The molecule has 154 valence electrons. The van der Waals surface area contributed by atoms with Crippen LogP contribution < -0.4 is 16.0 Å². The lowest BCUT2D eigenvalue weighted by atomic mass is 10.1. The Bertz CT molecular complexity index is 1150. The average Bonchev–Trinajstić information content (AvgIpc) is 3.43. The molecule has 4 rings (SSSR count). The number of aromatic nitrogens is 2. The Balaban J connectivity index is 1.44. The number of rotatable bonds is 5. The Morgan fingerprint density at radius 3 is 2.77 bits per heavy atom. The Morgan fingerprint density at radius 1 is 1.27 bits per heavy atom. The molecule has 1 fully saturated rings. The van der Waals surface area contributed by atoms with Crippen molar-refractivity contribution in [3.05, 3.63) is 52.7 Å². The zero-order valence-corrected chi connectivity index (χ0v) is 17.4. The number of anilines is 2. The van der Waals surface area contributed by atoms with Crippen LogP contribution in [0.5, 0.6) is 0 Å². The summed E-state index contributed by atoms with van der Waals surface area (Å²) in [5.41, 5.74) is 9.90. The first-order chi connectivity index (χ1) is 14.3. The molecular formula is C21H21N5O3S. The van der Waals surface area contributed by atoms with Crippen molar-refractivity contribution < 1.29 is 14.4 Å². The number of carbonyl (C=O) groups excluding carboxylic acids is 3. The number of nitrogens with two attached hydrogens (primary N) is 1. The lowest BCUT2D eigenvalue weighted by molar-refractivity contribution is -0.129. The number of hydrogen-bond acceptors (Lipinski definition) is 5. The minimum Gasteiger partial charge on any atom is -0.364 e. The van der Waals surface area contributed by atoms with Gasteiger partial charge in [0.15, 0.2) is 5.13 Å². The van der Waals surface area contributed by atoms with E-state index < -0.39 is 11.8 Å². The summed E-state index contributed by atoms with van der Waals surface area (Å²) in [4.78, 5) is 45.6. The third-order valence-corrected chi connectivity index (χ3v) is 6.06. The Kier molecular flexibility index (Phi) is 5.13. The van der Waals surface area contributed by atoms with Crippen molar-refractivity contribution in [3.8, 4) is 11.3 Å². The highest BCUT2D eigenvalue weighted by Gasteiger charge is 2.38. The van der Waals surface area contributed by atoms with Crippen LogP contribution in [0.25, 0.3) is 11.3 Å². The first-order valence-electron chi connectivity index (χ1n) is 9.47. The molecule has 3 amide bonds. The van der Waals surface area contributed by atoms with Gasteiger partial charge in [0, 0.05) is 29.4 Å². The highest BCUT2D eigenvalue weighted by atomic mass is 32.1. The fourth-order valence-corrected chi connectivity index (χ4v) is 4.14. The molecule has 1 aliphatic rings. The molecular weight excluding hydrogens is 402 g/mol. The molecule has 9 heteroatoms. The summed E-state index contributed by atoms with van der Waals surface area (Å²) in [6.45, 7) is 4.52. The van der Waals surface area contributed by atoms with Crippen LogP contribution in [0.2, 0.25) is 0 Å². The van der Waals surface area contributed by atoms with Gasteiger partial charge in [-0.2, -0.15) is 0 Å². The van der Waals surface area contributed by atoms with E-state index in [0.29, 0.717) is 29.4 Å². The van der Waals surface area contributed by atoms with Gasteiger partial charge in [-0.15, -0.1) is 11.3 Å². The molecule has 3 heterocycles. The number of carbonyl (C=O) groups is 3. The van der Waals surface area contributed by atoms with Crippen LogP contribution in [0.4, 0.5) is 10.8 Å². The normalized spacial score (nSPS) is 16.1. The predicted octanol–water partition coefficient (Wildman–Crippen LogP) is 2.85. The molecule has 30 heavy (non-hydrogen) atoms. The highest BCUT2D eigenvalue weighted by Crippen LogP contribution is 2.29. The van der Waals surface area contributed by atoms with E-state index >= 15 is 0 Å². The van der Waals surface area contributed by atoms with Gasteiger partial charge in [0.25, 0.3) is 5.91 Å². The van der Waals surface area contributed by atoms with Gasteiger partial charge in [-0.3, -0.25) is 14.4 Å². The van der Waals surface area contributed by atoms with Crippen LogP contribution in [0.15, 0.2) is 35.8 Å². The van der Waals surface area contributed by atoms with Crippen LogP contribution >= 0.6 is 11.3 Å². The van der Waals surface area contributed by atoms with E-state index in [9.17, 15) is 14.4 Å². The number of amides is 3. The van der Waals surface area contributed by atoms with Crippen LogP contribution in [-0.4, -0.2) is 34.2 Å². The zero-order chi connectivity index (χ0) is 21.4. The number of nitrogens with one attached hydrogen (secondary N) is 2. The van der Waals surface area contributed by atoms with Crippen molar-refractivity contribution in [2.75, 3.05) is 16.8 Å². The Hall–Kier alpha value is -3.46. The van der Waals surface area contributed by atoms with E-state index in [2.05, 4.69) is 15.3 Å². The van der Waals surface area contributed by atoms with Crippen LogP contribution in [-0.2, 0) is 9.59 Å². The third kappa shape index (κ3) is 3.71. The third-order valence-electron chi connectivity index (χ3n) is 5.30. The largest absolute Gasteiger partial charge is 0.364 e. The second kappa shape index (κ2) is 7.75. The molecule has 1 aromatic carbocycles. The summed E-state index contributed by atoms with van der Waals surface area (Å²) in [6, 6.07) is 7.46. The SMILES string of the molecule is Cc1ccc(N2CCC(C(=O)Nc3nc(-c4c[nH]c(C(N)=O)c4)cs3)C2=O)cc1C. The number of thiazole rings is 1. The van der Waals surface area contributed by atoms with Crippen molar-refractivity contribution in [2.24, 2.45) is 11.7 Å². The minimum atomic E-state index is -0.743.